The number of hydrogen-bond donors (Lipinski definition) is 0. The summed E-state index contributed by atoms with van der Waals surface area (Å²) in [5, 5.41) is 0. The van der Waals surface area contributed by atoms with Gasteiger partial charge in [-0.2, -0.15) is 4.31 Å². The minimum absolute atomic E-state index is 0.0698. The maximum absolute atomic E-state index is 12.7. The number of nitrogens with zero attached hydrogens (tertiary/aromatic N) is 1. The molecule has 21 heavy (non-hydrogen) atoms. The Morgan fingerprint density at radius 2 is 1.71 bits per heavy atom. The number of rotatable bonds is 3. The average molecular weight is 301 g/mol. The molecule has 1 heterocycles. The number of fused-ring (bicyclic) bond motifs is 1. The van der Waals surface area contributed by atoms with Crippen molar-refractivity contribution < 1.29 is 8.42 Å². The van der Waals surface area contributed by atoms with Crippen molar-refractivity contribution in [2.75, 3.05) is 6.54 Å². The van der Waals surface area contributed by atoms with Crippen LogP contribution < -0.4 is 0 Å². The minimum atomic E-state index is -3.29. The molecule has 0 bridgehead atoms. The first-order chi connectivity index (χ1) is 10.1. The minimum Gasteiger partial charge on any atom is -0.212 e. The highest BCUT2D eigenvalue weighted by atomic mass is 32.2. The molecule has 1 atom stereocenters. The van der Waals surface area contributed by atoms with Gasteiger partial charge < -0.3 is 0 Å². The van der Waals surface area contributed by atoms with Gasteiger partial charge in [0.25, 0.3) is 0 Å². The smallest absolute Gasteiger partial charge is 0.212 e. The molecule has 0 aromatic heterocycles. The first-order valence-corrected chi connectivity index (χ1v) is 8.80. The molecule has 0 N–H and O–H groups in total. The van der Waals surface area contributed by atoms with Gasteiger partial charge in [0.15, 0.2) is 0 Å². The van der Waals surface area contributed by atoms with Crippen LogP contribution in [0.25, 0.3) is 0 Å². The Labute approximate surface area is 126 Å². The van der Waals surface area contributed by atoms with E-state index in [1.54, 1.807) is 4.31 Å². The zero-order valence-electron chi connectivity index (χ0n) is 12.1. The number of benzene rings is 2. The standard InChI is InChI=1S/C17H19NO2S/c1-14-17-10-6-5-9-16(17)11-12-18(14)21(19,20)13-15-7-3-2-4-8-15/h2-10,14H,11-13H2,1H3/t14-/m1/s1. The molecule has 0 radical (unpaired) electrons. The largest absolute Gasteiger partial charge is 0.218 e. The van der Waals surface area contributed by atoms with Gasteiger partial charge >= 0.3 is 0 Å². The molecule has 2 aromatic carbocycles. The van der Waals surface area contributed by atoms with Crippen LogP contribution in [0.3, 0.4) is 0 Å². The van der Waals surface area contributed by atoms with Gasteiger partial charge in [0.1, 0.15) is 0 Å². The second-order valence-electron chi connectivity index (χ2n) is 5.48. The first-order valence-electron chi connectivity index (χ1n) is 7.19. The van der Waals surface area contributed by atoms with Crippen LogP contribution in [0, 0.1) is 0 Å². The summed E-state index contributed by atoms with van der Waals surface area (Å²) in [6, 6.07) is 17.4. The molecule has 1 aliphatic heterocycles. The molecule has 3 nitrogen and oxygen atoms in total. The van der Waals surface area contributed by atoms with Gasteiger partial charge in [0.2, 0.25) is 10.0 Å². The fraction of sp³-hybridized carbons (Fsp3) is 0.294. The van der Waals surface area contributed by atoms with Gasteiger partial charge in [-0.05, 0) is 30.0 Å². The van der Waals surface area contributed by atoms with Crippen LogP contribution in [0.15, 0.2) is 54.6 Å². The van der Waals surface area contributed by atoms with E-state index in [1.807, 2.05) is 55.5 Å². The Kier molecular flexibility index (Phi) is 3.83. The third-order valence-electron chi connectivity index (χ3n) is 4.09. The average Bonchev–Trinajstić information content (AvgIpc) is 2.48. The topological polar surface area (TPSA) is 37.4 Å². The SMILES string of the molecule is C[C@@H]1c2ccccc2CCN1S(=O)(=O)Cc1ccccc1. The van der Waals surface area contributed by atoms with Crippen LogP contribution in [-0.4, -0.2) is 19.3 Å². The number of sulfonamides is 1. The van der Waals surface area contributed by atoms with E-state index in [0.29, 0.717) is 6.54 Å². The third-order valence-corrected chi connectivity index (χ3v) is 6.00. The summed E-state index contributed by atoms with van der Waals surface area (Å²) in [5.41, 5.74) is 3.22. The molecule has 0 aliphatic carbocycles. The molecule has 110 valence electrons. The first kappa shape index (κ1) is 14.3. The van der Waals surface area contributed by atoms with E-state index in [0.717, 1.165) is 17.5 Å². The van der Waals surface area contributed by atoms with Crippen molar-refractivity contribution in [3.8, 4) is 0 Å². The van der Waals surface area contributed by atoms with E-state index in [4.69, 9.17) is 0 Å². The molecule has 0 saturated carbocycles. The third kappa shape index (κ3) is 2.87. The Balaban J connectivity index is 1.87. The molecular formula is C17H19NO2S. The van der Waals surface area contributed by atoms with Crippen LogP contribution in [0.1, 0.15) is 29.7 Å². The molecular weight excluding hydrogens is 282 g/mol. The van der Waals surface area contributed by atoms with E-state index >= 15 is 0 Å². The van der Waals surface area contributed by atoms with Gasteiger partial charge in [-0.1, -0.05) is 54.6 Å². The molecule has 4 heteroatoms. The summed E-state index contributed by atoms with van der Waals surface area (Å²) in [5.74, 6) is 0.0698. The zero-order valence-corrected chi connectivity index (χ0v) is 12.9. The Morgan fingerprint density at radius 3 is 2.48 bits per heavy atom. The monoisotopic (exact) mass is 301 g/mol. The van der Waals surface area contributed by atoms with Crippen LogP contribution in [-0.2, 0) is 22.2 Å². The summed E-state index contributed by atoms with van der Waals surface area (Å²) in [6.45, 7) is 2.54. The van der Waals surface area contributed by atoms with Gasteiger partial charge in [-0.3, -0.25) is 0 Å². The Bertz CT molecular complexity index is 725. The summed E-state index contributed by atoms with van der Waals surface area (Å²) >= 11 is 0. The predicted octanol–water partition coefficient (Wildman–Crippen LogP) is 3.14. The van der Waals surface area contributed by atoms with Gasteiger partial charge in [0.05, 0.1) is 5.75 Å². The quantitative estimate of drug-likeness (QED) is 0.873. The molecule has 3 rings (SSSR count). The molecule has 0 fully saturated rings. The van der Waals surface area contributed by atoms with Crippen molar-refractivity contribution in [3.05, 3.63) is 71.3 Å². The number of hydrogen-bond acceptors (Lipinski definition) is 2. The molecule has 2 aromatic rings. The van der Waals surface area contributed by atoms with Crippen molar-refractivity contribution in [2.24, 2.45) is 0 Å². The fourth-order valence-corrected chi connectivity index (χ4v) is 4.74. The van der Waals surface area contributed by atoms with Crippen LogP contribution in [0.5, 0.6) is 0 Å². The molecule has 0 saturated heterocycles. The van der Waals surface area contributed by atoms with E-state index in [-0.39, 0.29) is 11.8 Å². The lowest BCUT2D eigenvalue weighted by molar-refractivity contribution is 0.326. The Morgan fingerprint density at radius 1 is 1.05 bits per heavy atom. The van der Waals surface area contributed by atoms with E-state index in [2.05, 4.69) is 6.07 Å². The van der Waals surface area contributed by atoms with Gasteiger partial charge in [-0.25, -0.2) is 8.42 Å². The zero-order chi connectivity index (χ0) is 14.9. The van der Waals surface area contributed by atoms with Crippen molar-refractivity contribution in [3.63, 3.8) is 0 Å². The maximum Gasteiger partial charge on any atom is 0.218 e. The van der Waals surface area contributed by atoms with Gasteiger partial charge in [0, 0.05) is 12.6 Å². The summed E-state index contributed by atoms with van der Waals surface area (Å²) in [4.78, 5) is 0. The van der Waals surface area contributed by atoms with Crippen molar-refractivity contribution in [1.82, 2.24) is 4.31 Å². The lowest BCUT2D eigenvalue weighted by Crippen LogP contribution is -2.39. The fourth-order valence-electron chi connectivity index (χ4n) is 3.00. The highest BCUT2D eigenvalue weighted by Crippen LogP contribution is 2.32. The highest BCUT2D eigenvalue weighted by molar-refractivity contribution is 7.88. The van der Waals surface area contributed by atoms with Crippen LogP contribution >= 0.6 is 0 Å². The summed E-state index contributed by atoms with van der Waals surface area (Å²) in [6.07, 6.45) is 0.786. The predicted molar refractivity (Wildman–Crippen MR) is 84.3 cm³/mol. The molecule has 0 amide bonds. The molecule has 0 unspecified atom stereocenters. The second kappa shape index (κ2) is 5.62. The van der Waals surface area contributed by atoms with Crippen molar-refractivity contribution >= 4 is 10.0 Å². The van der Waals surface area contributed by atoms with E-state index < -0.39 is 10.0 Å². The Hall–Kier alpha value is -1.65. The second-order valence-corrected chi connectivity index (χ2v) is 7.40. The summed E-state index contributed by atoms with van der Waals surface area (Å²) in [7, 11) is -3.29. The van der Waals surface area contributed by atoms with E-state index in [9.17, 15) is 8.42 Å². The van der Waals surface area contributed by atoms with E-state index in [1.165, 1.54) is 5.56 Å². The molecule has 0 spiro atoms. The van der Waals surface area contributed by atoms with Gasteiger partial charge in [-0.15, -0.1) is 0 Å². The maximum atomic E-state index is 12.7. The lowest BCUT2D eigenvalue weighted by atomic mass is 9.96. The van der Waals surface area contributed by atoms with Crippen molar-refractivity contribution in [2.45, 2.75) is 25.1 Å². The molecule has 1 aliphatic rings. The highest BCUT2D eigenvalue weighted by Gasteiger charge is 2.32. The lowest BCUT2D eigenvalue weighted by Gasteiger charge is -2.34. The normalized spacial score (nSPS) is 19.2. The van der Waals surface area contributed by atoms with Crippen LogP contribution in [0.2, 0.25) is 0 Å². The van der Waals surface area contributed by atoms with Crippen LogP contribution in [0.4, 0.5) is 0 Å². The van der Waals surface area contributed by atoms with Crippen molar-refractivity contribution in [1.29, 1.82) is 0 Å². The summed E-state index contributed by atoms with van der Waals surface area (Å²) < 4.78 is 27.0.